The number of hydrogen-bond donors (Lipinski definition) is 0. The smallest absolute Gasteiger partial charge is 0.181 e. The molecule has 11 aromatic carbocycles. The van der Waals surface area contributed by atoms with Crippen LogP contribution in [0.4, 0.5) is 0 Å². The molecular formula is C66H45N3Si. The van der Waals surface area contributed by atoms with E-state index in [1.54, 1.807) is 0 Å². The first-order valence-electron chi connectivity index (χ1n) is 24.2. The van der Waals surface area contributed by atoms with Gasteiger partial charge in [0.2, 0.25) is 0 Å². The predicted molar refractivity (Wildman–Crippen MR) is 299 cm³/mol. The van der Waals surface area contributed by atoms with Crippen molar-refractivity contribution in [2.45, 2.75) is 0 Å². The monoisotopic (exact) mass is 907 g/mol. The van der Waals surface area contributed by atoms with Crippen LogP contribution in [-0.4, -0.2) is 21.8 Å². The summed E-state index contributed by atoms with van der Waals surface area (Å²) in [5.74, 6) is 0. The van der Waals surface area contributed by atoms with E-state index >= 15 is 0 Å². The molecule has 14 aromatic rings. The van der Waals surface area contributed by atoms with Gasteiger partial charge in [0.25, 0.3) is 0 Å². The lowest BCUT2D eigenvalue weighted by atomic mass is 10.0. The van der Waals surface area contributed by atoms with Crippen LogP contribution in [0.15, 0.2) is 273 Å². The molecule has 0 spiro atoms. The van der Waals surface area contributed by atoms with Crippen LogP contribution in [0.2, 0.25) is 0 Å². The number of aromatic nitrogens is 3. The highest BCUT2D eigenvalue weighted by atomic mass is 28.3. The fraction of sp³-hybridized carbons (Fsp3) is 0. The van der Waals surface area contributed by atoms with Gasteiger partial charge in [0.05, 0.1) is 50.2 Å². The topological polar surface area (TPSA) is 14.8 Å². The van der Waals surface area contributed by atoms with Crippen molar-refractivity contribution in [3.8, 4) is 28.2 Å². The zero-order chi connectivity index (χ0) is 46.2. The maximum absolute atomic E-state index is 3.11. The van der Waals surface area contributed by atoms with Crippen LogP contribution in [-0.2, 0) is 0 Å². The van der Waals surface area contributed by atoms with Crippen molar-refractivity contribution in [2.24, 2.45) is 0 Å². The van der Waals surface area contributed by atoms with Gasteiger partial charge >= 0.3 is 0 Å². The summed E-state index contributed by atoms with van der Waals surface area (Å²) in [6.07, 6.45) is 0. The summed E-state index contributed by atoms with van der Waals surface area (Å²) >= 11 is 0. The fourth-order valence-electron chi connectivity index (χ4n) is 12.0. The van der Waals surface area contributed by atoms with E-state index in [1.807, 2.05) is 0 Å². The van der Waals surface area contributed by atoms with E-state index in [0.717, 1.165) is 28.1 Å². The Kier molecular flexibility index (Phi) is 9.23. The van der Waals surface area contributed by atoms with Gasteiger partial charge in [-0.3, -0.25) is 0 Å². The molecule has 328 valence electrons. The first-order valence-corrected chi connectivity index (χ1v) is 26.2. The normalized spacial score (nSPS) is 12.0. The molecule has 3 aromatic heterocycles. The van der Waals surface area contributed by atoms with Crippen molar-refractivity contribution in [1.82, 2.24) is 13.7 Å². The number of hydrogen-bond acceptors (Lipinski definition) is 0. The molecule has 0 radical (unpaired) electrons. The highest BCUT2D eigenvalue weighted by Crippen LogP contribution is 2.44. The second-order valence-corrected chi connectivity index (χ2v) is 22.1. The molecule has 0 aliphatic rings. The van der Waals surface area contributed by atoms with Crippen LogP contribution < -0.4 is 20.7 Å². The molecule has 70 heavy (non-hydrogen) atoms. The molecule has 0 N–H and O–H groups in total. The highest BCUT2D eigenvalue weighted by Gasteiger charge is 2.43. The number of nitrogens with zero attached hydrogens (tertiary/aromatic N) is 3. The van der Waals surface area contributed by atoms with Crippen molar-refractivity contribution in [2.75, 3.05) is 0 Å². The van der Waals surface area contributed by atoms with Gasteiger partial charge in [-0.05, 0) is 74.8 Å². The molecular weight excluding hydrogens is 863 g/mol. The summed E-state index contributed by atoms with van der Waals surface area (Å²) in [4.78, 5) is 0. The number of benzene rings is 11. The minimum absolute atomic E-state index is 1.15. The van der Waals surface area contributed by atoms with Crippen molar-refractivity contribution in [3.63, 3.8) is 0 Å². The third-order valence-corrected chi connectivity index (χ3v) is 19.6. The molecule has 0 saturated heterocycles. The van der Waals surface area contributed by atoms with E-state index in [-0.39, 0.29) is 0 Å². The van der Waals surface area contributed by atoms with E-state index in [2.05, 4.69) is 287 Å². The molecule has 0 fully saturated rings. The van der Waals surface area contributed by atoms with Crippen molar-refractivity contribution in [1.29, 1.82) is 0 Å². The van der Waals surface area contributed by atoms with Crippen LogP contribution >= 0.6 is 0 Å². The van der Waals surface area contributed by atoms with Gasteiger partial charge in [-0.2, -0.15) is 0 Å². The van der Waals surface area contributed by atoms with E-state index in [4.69, 9.17) is 0 Å². The van der Waals surface area contributed by atoms with Crippen molar-refractivity contribution < 1.29 is 0 Å². The number of para-hydroxylation sites is 5. The van der Waals surface area contributed by atoms with E-state index in [0.29, 0.717) is 0 Å². The average molecular weight is 908 g/mol. The zero-order valence-electron chi connectivity index (χ0n) is 38.3. The predicted octanol–water partition coefficient (Wildman–Crippen LogP) is 14.0. The first kappa shape index (κ1) is 40.1. The Morgan fingerprint density at radius 3 is 1.20 bits per heavy atom. The lowest BCUT2D eigenvalue weighted by Crippen LogP contribution is -2.75. The second kappa shape index (κ2) is 16.1. The Labute approximate surface area is 407 Å². The van der Waals surface area contributed by atoms with Gasteiger partial charge < -0.3 is 13.7 Å². The van der Waals surface area contributed by atoms with E-state index < -0.39 is 8.07 Å². The molecule has 0 saturated carbocycles. The summed E-state index contributed by atoms with van der Waals surface area (Å²) in [5.41, 5.74) is 12.9. The van der Waals surface area contributed by atoms with Crippen molar-refractivity contribution >= 4 is 94.2 Å². The third-order valence-electron chi connectivity index (χ3n) is 14.8. The van der Waals surface area contributed by atoms with E-state index in [9.17, 15) is 0 Å². The Morgan fingerprint density at radius 2 is 0.614 bits per heavy atom. The van der Waals surface area contributed by atoms with Crippen LogP contribution in [0.5, 0.6) is 0 Å². The van der Waals surface area contributed by atoms with Gasteiger partial charge in [-0.1, -0.05) is 224 Å². The Hall–Kier alpha value is -8.96. The standard InChI is InChI=1S/C66H45N3Si/c1-5-24-46(25-6-1)50-32-13-17-37-55(50)67-58-40-20-16-35-53(58)64-59(67)41-22-43-61(64)69-62-44-23-42-60(68-56-38-18-14-33-51(56)52-34-15-19-39-57(52)68)65(62)54-36-21-45-63(66(54)69)70(47-26-7-2-8-27-47,48-28-9-3-10-29-48)49-30-11-4-12-31-49/h1-45H. The number of rotatable bonds is 8. The van der Waals surface area contributed by atoms with Gasteiger partial charge in [0.1, 0.15) is 0 Å². The van der Waals surface area contributed by atoms with Gasteiger partial charge in [-0.25, -0.2) is 0 Å². The molecule has 14 rings (SSSR count). The first-order chi connectivity index (χ1) is 34.8. The molecule has 3 nitrogen and oxygen atoms in total. The molecule has 4 heteroatoms. The Balaban J connectivity index is 1.19. The molecule has 0 amide bonds. The fourth-order valence-corrected chi connectivity index (χ4v) is 17.0. The maximum Gasteiger partial charge on any atom is 0.181 e. The van der Waals surface area contributed by atoms with Gasteiger partial charge in [0, 0.05) is 37.9 Å². The lowest BCUT2D eigenvalue weighted by Gasteiger charge is -2.35. The van der Waals surface area contributed by atoms with Crippen LogP contribution in [0.3, 0.4) is 0 Å². The number of fused-ring (bicyclic) bond motifs is 9. The molecule has 0 atom stereocenters. The molecule has 0 aliphatic carbocycles. The minimum Gasteiger partial charge on any atom is -0.309 e. The summed E-state index contributed by atoms with van der Waals surface area (Å²) in [7, 11) is -3.11. The second-order valence-electron chi connectivity index (χ2n) is 18.3. The average Bonchev–Trinajstić information content (AvgIpc) is 4.09. The zero-order valence-corrected chi connectivity index (χ0v) is 39.3. The largest absolute Gasteiger partial charge is 0.309 e. The Morgan fingerprint density at radius 1 is 0.243 bits per heavy atom. The quantitative estimate of drug-likeness (QED) is 0.107. The maximum atomic E-state index is 2.65. The summed E-state index contributed by atoms with van der Waals surface area (Å²) in [5, 5.41) is 12.7. The van der Waals surface area contributed by atoms with Crippen LogP contribution in [0, 0.1) is 0 Å². The van der Waals surface area contributed by atoms with Crippen molar-refractivity contribution in [3.05, 3.63) is 273 Å². The minimum atomic E-state index is -3.11. The highest BCUT2D eigenvalue weighted by molar-refractivity contribution is 7.20. The Bertz CT molecular complexity index is 4130. The summed E-state index contributed by atoms with van der Waals surface area (Å²) < 4.78 is 7.65. The molecule has 0 bridgehead atoms. The summed E-state index contributed by atoms with van der Waals surface area (Å²) in [6.45, 7) is 0. The van der Waals surface area contributed by atoms with Crippen LogP contribution in [0.25, 0.3) is 93.6 Å². The van der Waals surface area contributed by atoms with Gasteiger partial charge in [0.15, 0.2) is 8.07 Å². The van der Waals surface area contributed by atoms with Crippen LogP contribution in [0.1, 0.15) is 0 Å². The third kappa shape index (κ3) is 5.81. The summed E-state index contributed by atoms with van der Waals surface area (Å²) in [6, 6.07) is 102. The molecule has 3 heterocycles. The van der Waals surface area contributed by atoms with Gasteiger partial charge in [-0.15, -0.1) is 0 Å². The lowest BCUT2D eigenvalue weighted by molar-refractivity contribution is 1.17. The SMILES string of the molecule is c1ccc(-c2ccccc2-n2c3ccccc3c3c(-n4c5cccc(-n6c7ccccc7c7ccccc76)c5c5cccc([Si](c6ccccc6)(c6ccccc6)c6ccccc6)c54)cccc32)cc1. The van der Waals surface area contributed by atoms with E-state index in [1.165, 1.54) is 86.3 Å². The molecule has 0 aliphatic heterocycles. The molecule has 0 unspecified atom stereocenters.